The van der Waals surface area contributed by atoms with Gasteiger partial charge in [-0.2, -0.15) is 5.10 Å². The van der Waals surface area contributed by atoms with E-state index in [0.717, 1.165) is 23.9 Å². The van der Waals surface area contributed by atoms with E-state index < -0.39 is 11.6 Å². The van der Waals surface area contributed by atoms with Crippen molar-refractivity contribution in [3.63, 3.8) is 0 Å². The van der Waals surface area contributed by atoms with Crippen molar-refractivity contribution in [2.24, 2.45) is 0 Å². The second-order valence-electron chi connectivity index (χ2n) is 4.40. The van der Waals surface area contributed by atoms with Crippen LogP contribution in [0.2, 0.25) is 0 Å². The molecule has 0 aliphatic carbocycles. The molecule has 0 spiro atoms. The first-order valence-corrected chi connectivity index (χ1v) is 6.78. The molecule has 6 heteroatoms. The van der Waals surface area contributed by atoms with E-state index in [1.165, 1.54) is 4.68 Å². The minimum Gasteiger partial charge on any atom is -0.368 e. The molecule has 108 valence electrons. The molecule has 2 rings (SSSR count). The molecule has 1 N–H and O–H groups in total. The molecule has 0 amide bonds. The SMILES string of the molecule is CCNc1nc(-n2nc(CC)cc2CC)c(F)cc1F. The summed E-state index contributed by atoms with van der Waals surface area (Å²) < 4.78 is 29.0. The van der Waals surface area contributed by atoms with Crippen molar-refractivity contribution >= 4 is 5.82 Å². The number of nitrogens with zero attached hydrogens (tertiary/aromatic N) is 3. The monoisotopic (exact) mass is 280 g/mol. The Balaban J connectivity index is 2.56. The number of anilines is 1. The summed E-state index contributed by atoms with van der Waals surface area (Å²) in [6.45, 7) is 6.27. The maximum absolute atomic E-state index is 14.0. The first kappa shape index (κ1) is 14.4. The molecule has 4 nitrogen and oxygen atoms in total. The van der Waals surface area contributed by atoms with Crippen molar-refractivity contribution in [3.8, 4) is 5.82 Å². The van der Waals surface area contributed by atoms with Crippen LogP contribution in [0.25, 0.3) is 5.82 Å². The van der Waals surface area contributed by atoms with Crippen LogP contribution >= 0.6 is 0 Å². The van der Waals surface area contributed by atoms with Gasteiger partial charge in [-0.1, -0.05) is 13.8 Å². The Morgan fingerprint density at radius 3 is 2.45 bits per heavy atom. The van der Waals surface area contributed by atoms with E-state index in [1.807, 2.05) is 26.8 Å². The predicted octanol–water partition coefficient (Wildman–Crippen LogP) is 3.10. The fourth-order valence-corrected chi connectivity index (χ4v) is 1.98. The average Bonchev–Trinajstić information content (AvgIpc) is 2.85. The van der Waals surface area contributed by atoms with Gasteiger partial charge in [0.25, 0.3) is 0 Å². The van der Waals surface area contributed by atoms with Crippen LogP contribution in [0.4, 0.5) is 14.6 Å². The van der Waals surface area contributed by atoms with Gasteiger partial charge in [0.15, 0.2) is 23.3 Å². The smallest absolute Gasteiger partial charge is 0.192 e. The molecule has 20 heavy (non-hydrogen) atoms. The van der Waals surface area contributed by atoms with Crippen LogP contribution in [0.1, 0.15) is 32.2 Å². The molecule has 0 saturated carbocycles. The third kappa shape index (κ3) is 2.64. The fraction of sp³-hybridized carbons (Fsp3) is 0.429. The van der Waals surface area contributed by atoms with Crippen molar-refractivity contribution in [2.45, 2.75) is 33.6 Å². The van der Waals surface area contributed by atoms with Crippen LogP contribution in [0.5, 0.6) is 0 Å². The number of hydrogen-bond acceptors (Lipinski definition) is 3. The number of aromatic nitrogens is 3. The van der Waals surface area contributed by atoms with Crippen LogP contribution in [0, 0.1) is 11.6 Å². The van der Waals surface area contributed by atoms with E-state index in [9.17, 15) is 8.78 Å². The lowest BCUT2D eigenvalue weighted by atomic mass is 10.2. The summed E-state index contributed by atoms with van der Waals surface area (Å²) in [7, 11) is 0. The highest BCUT2D eigenvalue weighted by atomic mass is 19.1. The molecule has 0 aliphatic heterocycles. The van der Waals surface area contributed by atoms with Crippen molar-refractivity contribution in [3.05, 3.63) is 35.2 Å². The predicted molar refractivity (Wildman–Crippen MR) is 74.2 cm³/mol. The second kappa shape index (κ2) is 5.98. The van der Waals surface area contributed by atoms with Crippen LogP contribution < -0.4 is 5.32 Å². The summed E-state index contributed by atoms with van der Waals surface area (Å²) in [6.07, 6.45) is 1.45. The Hall–Kier alpha value is -1.98. The summed E-state index contributed by atoms with van der Waals surface area (Å²) in [5.74, 6) is -1.35. The van der Waals surface area contributed by atoms with Gasteiger partial charge < -0.3 is 5.32 Å². The largest absolute Gasteiger partial charge is 0.368 e. The minimum absolute atomic E-state index is 0.0268. The highest BCUT2D eigenvalue weighted by Crippen LogP contribution is 2.20. The zero-order valence-electron chi connectivity index (χ0n) is 11.9. The Bertz CT molecular complexity index is 607. The molecule has 0 fully saturated rings. The van der Waals surface area contributed by atoms with Gasteiger partial charge in [0, 0.05) is 18.3 Å². The molecule has 2 aromatic rings. The minimum atomic E-state index is -0.718. The molecule has 0 unspecified atom stereocenters. The lowest BCUT2D eigenvalue weighted by molar-refractivity contribution is 0.559. The summed E-state index contributed by atoms with van der Waals surface area (Å²) in [4.78, 5) is 4.03. The third-order valence-corrected chi connectivity index (χ3v) is 3.01. The van der Waals surface area contributed by atoms with E-state index in [2.05, 4.69) is 15.4 Å². The highest BCUT2D eigenvalue weighted by molar-refractivity contribution is 5.42. The average molecular weight is 280 g/mol. The molecule has 0 aliphatic rings. The Kier molecular flexibility index (Phi) is 4.32. The molecule has 0 bridgehead atoms. The standard InChI is InChI=1S/C14H18F2N4/c1-4-9-7-10(5-2)20(19-9)14-12(16)8-11(15)13(18-14)17-6-3/h7-8H,4-6H2,1-3H3,(H,17,18). The lowest BCUT2D eigenvalue weighted by Gasteiger charge is -2.10. The van der Waals surface area contributed by atoms with Crippen LogP contribution in [-0.2, 0) is 12.8 Å². The fourth-order valence-electron chi connectivity index (χ4n) is 1.98. The van der Waals surface area contributed by atoms with E-state index in [-0.39, 0.29) is 11.6 Å². The Morgan fingerprint density at radius 1 is 1.10 bits per heavy atom. The quantitative estimate of drug-likeness (QED) is 0.915. The molecule has 0 saturated heterocycles. The number of hydrogen-bond donors (Lipinski definition) is 1. The van der Waals surface area contributed by atoms with Gasteiger partial charge in [-0.15, -0.1) is 0 Å². The van der Waals surface area contributed by atoms with Crippen LogP contribution in [0.3, 0.4) is 0 Å². The summed E-state index contributed by atoms with van der Waals surface area (Å²) >= 11 is 0. The Morgan fingerprint density at radius 2 is 1.85 bits per heavy atom. The summed E-state index contributed by atoms with van der Waals surface area (Å²) in [6, 6.07) is 2.75. The number of halogens is 2. The number of nitrogens with one attached hydrogen (secondary N) is 1. The van der Waals surface area contributed by atoms with Crippen molar-refractivity contribution in [1.29, 1.82) is 0 Å². The van der Waals surface area contributed by atoms with Crippen molar-refractivity contribution in [2.75, 3.05) is 11.9 Å². The van der Waals surface area contributed by atoms with Gasteiger partial charge in [0.1, 0.15) is 0 Å². The maximum Gasteiger partial charge on any atom is 0.192 e. The molecule has 2 heterocycles. The van der Waals surface area contributed by atoms with Gasteiger partial charge in [0.05, 0.1) is 5.69 Å². The molecule has 2 aromatic heterocycles. The Labute approximate surface area is 116 Å². The van der Waals surface area contributed by atoms with E-state index in [0.29, 0.717) is 13.0 Å². The zero-order valence-corrected chi connectivity index (χ0v) is 11.9. The number of pyridine rings is 1. The van der Waals surface area contributed by atoms with Gasteiger partial charge in [-0.25, -0.2) is 18.4 Å². The first-order valence-electron chi connectivity index (χ1n) is 6.78. The number of rotatable bonds is 5. The van der Waals surface area contributed by atoms with Crippen LogP contribution in [0.15, 0.2) is 12.1 Å². The van der Waals surface area contributed by atoms with E-state index in [1.54, 1.807) is 0 Å². The van der Waals surface area contributed by atoms with Gasteiger partial charge in [-0.3, -0.25) is 0 Å². The van der Waals surface area contributed by atoms with Crippen molar-refractivity contribution in [1.82, 2.24) is 14.8 Å². The third-order valence-electron chi connectivity index (χ3n) is 3.01. The molecular weight excluding hydrogens is 262 g/mol. The molecule has 0 aromatic carbocycles. The lowest BCUT2D eigenvalue weighted by Crippen LogP contribution is -2.11. The topological polar surface area (TPSA) is 42.7 Å². The van der Waals surface area contributed by atoms with Gasteiger partial charge >= 0.3 is 0 Å². The second-order valence-corrected chi connectivity index (χ2v) is 4.40. The summed E-state index contributed by atoms with van der Waals surface area (Å²) in [5, 5.41) is 7.10. The molecular formula is C14H18F2N4. The van der Waals surface area contributed by atoms with Crippen LogP contribution in [-0.4, -0.2) is 21.3 Å². The molecule has 0 radical (unpaired) electrons. The highest BCUT2D eigenvalue weighted by Gasteiger charge is 2.16. The van der Waals surface area contributed by atoms with Gasteiger partial charge in [0.2, 0.25) is 0 Å². The summed E-state index contributed by atoms with van der Waals surface area (Å²) in [5.41, 5.74) is 1.71. The number of aryl methyl sites for hydroxylation is 2. The maximum atomic E-state index is 14.0. The molecule has 0 atom stereocenters. The van der Waals surface area contributed by atoms with Gasteiger partial charge in [-0.05, 0) is 25.8 Å². The zero-order chi connectivity index (χ0) is 14.7. The van der Waals surface area contributed by atoms with Crippen molar-refractivity contribution < 1.29 is 8.78 Å². The van der Waals surface area contributed by atoms with E-state index in [4.69, 9.17) is 0 Å². The first-order chi connectivity index (χ1) is 9.60. The van der Waals surface area contributed by atoms with E-state index >= 15 is 0 Å². The normalized spacial score (nSPS) is 10.8.